The number of amides is 1. The minimum absolute atomic E-state index is 0.0487. The molecule has 1 aromatic heterocycles. The highest BCUT2D eigenvalue weighted by Crippen LogP contribution is 2.18. The number of hydrogen-bond acceptors (Lipinski definition) is 4. The average molecular weight is 331 g/mol. The van der Waals surface area contributed by atoms with Crippen LogP contribution in [0.5, 0.6) is 0 Å². The molecule has 0 N–H and O–H groups in total. The lowest BCUT2D eigenvalue weighted by molar-refractivity contribution is -0.127. The molecule has 23 heavy (non-hydrogen) atoms. The van der Waals surface area contributed by atoms with Crippen LogP contribution < -0.4 is 5.56 Å². The van der Waals surface area contributed by atoms with Crippen molar-refractivity contribution in [3.05, 3.63) is 47.3 Å². The summed E-state index contributed by atoms with van der Waals surface area (Å²) < 4.78 is 1.56. The molecule has 0 spiro atoms. The molecule has 0 bridgehead atoms. The van der Waals surface area contributed by atoms with E-state index in [1.165, 1.54) is 11.8 Å². The van der Waals surface area contributed by atoms with E-state index < -0.39 is 0 Å². The fraction of sp³-hybridized carbons (Fsp3) is 0.353. The van der Waals surface area contributed by atoms with E-state index in [4.69, 9.17) is 0 Å². The highest BCUT2D eigenvalue weighted by atomic mass is 32.2. The van der Waals surface area contributed by atoms with Gasteiger partial charge in [0.2, 0.25) is 5.91 Å². The SMILES string of the molecule is C=CCn1c(SCC(=O)N(CC)CC)nc2ccccc2c1=O. The quantitative estimate of drug-likeness (QED) is 0.444. The predicted molar refractivity (Wildman–Crippen MR) is 94.9 cm³/mol. The zero-order chi connectivity index (χ0) is 16.8. The summed E-state index contributed by atoms with van der Waals surface area (Å²) >= 11 is 1.30. The second-order valence-corrected chi connectivity index (χ2v) is 5.91. The Morgan fingerprint density at radius 1 is 1.35 bits per heavy atom. The van der Waals surface area contributed by atoms with Gasteiger partial charge in [-0.25, -0.2) is 4.98 Å². The smallest absolute Gasteiger partial charge is 0.262 e. The van der Waals surface area contributed by atoms with Crippen LogP contribution in [0.25, 0.3) is 10.9 Å². The van der Waals surface area contributed by atoms with Gasteiger partial charge in [-0.3, -0.25) is 14.2 Å². The molecule has 1 aromatic carbocycles. The molecule has 5 nitrogen and oxygen atoms in total. The molecule has 0 fully saturated rings. The lowest BCUT2D eigenvalue weighted by atomic mass is 10.2. The number of allylic oxidation sites excluding steroid dienone is 1. The van der Waals surface area contributed by atoms with Crippen molar-refractivity contribution < 1.29 is 4.79 Å². The highest BCUT2D eigenvalue weighted by Gasteiger charge is 2.14. The molecule has 0 aliphatic rings. The molecule has 0 aliphatic carbocycles. The van der Waals surface area contributed by atoms with E-state index in [-0.39, 0.29) is 17.2 Å². The third-order valence-electron chi connectivity index (χ3n) is 3.58. The van der Waals surface area contributed by atoms with Crippen molar-refractivity contribution in [3.63, 3.8) is 0 Å². The van der Waals surface area contributed by atoms with Crippen molar-refractivity contribution in [2.45, 2.75) is 25.5 Å². The van der Waals surface area contributed by atoms with Gasteiger partial charge in [-0.15, -0.1) is 6.58 Å². The maximum atomic E-state index is 12.6. The predicted octanol–water partition coefficient (Wildman–Crippen LogP) is 2.54. The van der Waals surface area contributed by atoms with Crippen molar-refractivity contribution >= 4 is 28.6 Å². The molecule has 0 saturated carbocycles. The zero-order valence-electron chi connectivity index (χ0n) is 13.5. The second-order valence-electron chi connectivity index (χ2n) is 4.97. The number of carbonyl (C=O) groups is 1. The number of rotatable bonds is 7. The summed E-state index contributed by atoms with van der Waals surface area (Å²) in [5.41, 5.74) is 0.545. The minimum Gasteiger partial charge on any atom is -0.343 e. The number of hydrogen-bond donors (Lipinski definition) is 0. The lowest BCUT2D eigenvalue weighted by Crippen LogP contribution is -2.32. The van der Waals surface area contributed by atoms with Crippen LogP contribution in [0.1, 0.15) is 13.8 Å². The van der Waals surface area contributed by atoms with Gasteiger partial charge in [0.25, 0.3) is 5.56 Å². The Morgan fingerprint density at radius 3 is 2.70 bits per heavy atom. The Bertz CT molecular complexity index is 766. The highest BCUT2D eigenvalue weighted by molar-refractivity contribution is 7.99. The second kappa shape index (κ2) is 7.97. The van der Waals surface area contributed by atoms with Crippen LogP contribution in [0.2, 0.25) is 0 Å². The molecule has 122 valence electrons. The van der Waals surface area contributed by atoms with E-state index in [0.29, 0.717) is 35.7 Å². The maximum Gasteiger partial charge on any atom is 0.262 e. The first-order valence-corrected chi connectivity index (χ1v) is 8.61. The first-order valence-electron chi connectivity index (χ1n) is 7.63. The van der Waals surface area contributed by atoms with Crippen LogP contribution in [0.15, 0.2) is 46.9 Å². The van der Waals surface area contributed by atoms with Gasteiger partial charge in [0, 0.05) is 19.6 Å². The molecule has 2 rings (SSSR count). The largest absolute Gasteiger partial charge is 0.343 e. The zero-order valence-corrected chi connectivity index (χ0v) is 14.3. The van der Waals surface area contributed by atoms with Gasteiger partial charge in [0.05, 0.1) is 16.7 Å². The van der Waals surface area contributed by atoms with Crippen molar-refractivity contribution in [3.8, 4) is 0 Å². The molecule has 6 heteroatoms. The van der Waals surface area contributed by atoms with E-state index >= 15 is 0 Å². The number of para-hydroxylation sites is 1. The maximum absolute atomic E-state index is 12.6. The summed E-state index contributed by atoms with van der Waals surface area (Å²) in [6.45, 7) is 9.34. The summed E-state index contributed by atoms with van der Waals surface area (Å²) in [6, 6.07) is 7.24. The van der Waals surface area contributed by atoms with Gasteiger partial charge < -0.3 is 4.90 Å². The summed E-state index contributed by atoms with van der Waals surface area (Å²) in [5, 5.41) is 1.13. The summed E-state index contributed by atoms with van der Waals surface area (Å²) in [5.74, 6) is 0.316. The van der Waals surface area contributed by atoms with Crippen molar-refractivity contribution in [1.82, 2.24) is 14.5 Å². The van der Waals surface area contributed by atoms with Crippen molar-refractivity contribution in [2.24, 2.45) is 0 Å². The first-order chi connectivity index (χ1) is 11.1. The topological polar surface area (TPSA) is 55.2 Å². The molecule has 0 unspecified atom stereocenters. The number of carbonyl (C=O) groups excluding carboxylic acids is 1. The fourth-order valence-corrected chi connectivity index (χ4v) is 3.25. The molecular weight excluding hydrogens is 310 g/mol. The van der Waals surface area contributed by atoms with E-state index in [1.807, 2.05) is 32.0 Å². The van der Waals surface area contributed by atoms with E-state index in [9.17, 15) is 9.59 Å². The summed E-state index contributed by atoms with van der Waals surface area (Å²) in [4.78, 5) is 31.1. The number of fused-ring (bicyclic) bond motifs is 1. The van der Waals surface area contributed by atoms with Crippen molar-refractivity contribution in [2.75, 3.05) is 18.8 Å². The molecule has 1 heterocycles. The third kappa shape index (κ3) is 3.82. The summed E-state index contributed by atoms with van der Waals surface area (Å²) in [7, 11) is 0. The van der Waals surface area contributed by atoms with Crippen LogP contribution in [0, 0.1) is 0 Å². The number of thioether (sulfide) groups is 1. The van der Waals surface area contributed by atoms with Crippen molar-refractivity contribution in [1.29, 1.82) is 0 Å². The molecule has 0 radical (unpaired) electrons. The molecule has 0 saturated heterocycles. The molecule has 2 aromatic rings. The van der Waals surface area contributed by atoms with Gasteiger partial charge in [-0.1, -0.05) is 30.0 Å². The fourth-order valence-electron chi connectivity index (χ4n) is 2.34. The normalized spacial score (nSPS) is 10.7. The minimum atomic E-state index is -0.103. The van der Waals surface area contributed by atoms with E-state index in [2.05, 4.69) is 11.6 Å². The Morgan fingerprint density at radius 2 is 2.04 bits per heavy atom. The monoisotopic (exact) mass is 331 g/mol. The Hall–Kier alpha value is -2.08. The Balaban J connectivity index is 2.35. The van der Waals surface area contributed by atoms with Gasteiger partial charge in [0.1, 0.15) is 0 Å². The lowest BCUT2D eigenvalue weighted by Gasteiger charge is -2.18. The van der Waals surface area contributed by atoms with Gasteiger partial charge in [-0.2, -0.15) is 0 Å². The molecular formula is C17H21N3O2S. The number of nitrogens with zero attached hydrogens (tertiary/aromatic N) is 3. The number of benzene rings is 1. The van der Waals surface area contributed by atoms with Crippen LogP contribution in [-0.2, 0) is 11.3 Å². The standard InChI is InChI=1S/C17H21N3O2S/c1-4-11-20-16(22)13-9-7-8-10-14(13)18-17(20)23-12-15(21)19(5-2)6-3/h4,7-10H,1,5-6,11-12H2,2-3H3. The van der Waals surface area contributed by atoms with Gasteiger partial charge in [0.15, 0.2) is 5.16 Å². The van der Waals surface area contributed by atoms with E-state index in [0.717, 1.165) is 0 Å². The molecule has 0 atom stereocenters. The third-order valence-corrected chi connectivity index (χ3v) is 4.54. The molecule has 0 aliphatic heterocycles. The number of aromatic nitrogens is 2. The van der Waals surface area contributed by atoms with Crippen LogP contribution in [-0.4, -0.2) is 39.2 Å². The first kappa shape index (κ1) is 17.3. The molecule has 1 amide bonds. The average Bonchev–Trinajstić information content (AvgIpc) is 2.57. The Labute approximate surface area is 140 Å². The van der Waals surface area contributed by atoms with Crippen LogP contribution in [0.4, 0.5) is 0 Å². The Kier molecular flexibility index (Phi) is 5.98. The van der Waals surface area contributed by atoms with Gasteiger partial charge in [-0.05, 0) is 26.0 Å². The van der Waals surface area contributed by atoms with Crippen LogP contribution in [0.3, 0.4) is 0 Å². The van der Waals surface area contributed by atoms with E-state index in [1.54, 1.807) is 21.6 Å². The van der Waals surface area contributed by atoms with Crippen LogP contribution >= 0.6 is 11.8 Å². The van der Waals surface area contributed by atoms with Gasteiger partial charge >= 0.3 is 0 Å². The summed E-state index contributed by atoms with van der Waals surface area (Å²) in [6.07, 6.45) is 1.66.